The van der Waals surface area contributed by atoms with E-state index in [0.717, 1.165) is 23.4 Å². The van der Waals surface area contributed by atoms with Gasteiger partial charge >= 0.3 is 0 Å². The Morgan fingerprint density at radius 2 is 1.77 bits per heavy atom. The molecule has 1 unspecified atom stereocenters. The smallest absolute Gasteiger partial charge is 0.191 e. The largest absolute Gasteiger partial charge is 0.497 e. The van der Waals surface area contributed by atoms with Crippen LogP contribution in [-0.2, 0) is 6.54 Å². The van der Waals surface area contributed by atoms with Crippen molar-refractivity contribution in [1.82, 2.24) is 10.6 Å². The van der Waals surface area contributed by atoms with Crippen LogP contribution in [0.4, 0.5) is 0 Å². The van der Waals surface area contributed by atoms with Gasteiger partial charge in [0.2, 0.25) is 0 Å². The van der Waals surface area contributed by atoms with Crippen LogP contribution < -0.4 is 15.4 Å². The van der Waals surface area contributed by atoms with Crippen LogP contribution in [0.25, 0.3) is 0 Å². The van der Waals surface area contributed by atoms with E-state index in [4.69, 9.17) is 16.3 Å². The average molecular weight is 490 g/mol. The lowest BCUT2D eigenvalue weighted by Gasteiger charge is -2.15. The predicted octanol–water partition coefficient (Wildman–Crippen LogP) is 3.76. The molecular weight excluding hydrogens is 465 g/mol. The van der Waals surface area contributed by atoms with Crippen molar-refractivity contribution >= 4 is 41.5 Å². The van der Waals surface area contributed by atoms with Gasteiger partial charge in [-0.3, -0.25) is 0 Å². The van der Waals surface area contributed by atoms with Crippen LogP contribution in [0.5, 0.6) is 5.75 Å². The van der Waals surface area contributed by atoms with Crippen molar-refractivity contribution < 1.29 is 9.84 Å². The minimum Gasteiger partial charge on any atom is -0.497 e. The summed E-state index contributed by atoms with van der Waals surface area (Å²) >= 11 is 5.87. The number of hydrogen-bond acceptors (Lipinski definition) is 3. The molecule has 7 heteroatoms. The molecule has 0 saturated heterocycles. The lowest BCUT2D eigenvalue weighted by molar-refractivity contribution is 0.181. The molecule has 0 radical (unpaired) electrons. The molecule has 0 aliphatic carbocycles. The fourth-order valence-electron chi connectivity index (χ4n) is 2.24. The predicted molar refractivity (Wildman–Crippen MR) is 118 cm³/mol. The third kappa shape index (κ3) is 7.39. The Hall–Kier alpha value is -1.51. The van der Waals surface area contributed by atoms with Gasteiger partial charge in [-0.1, -0.05) is 35.9 Å². The number of ether oxygens (including phenoxy) is 1. The monoisotopic (exact) mass is 489 g/mol. The van der Waals surface area contributed by atoms with Gasteiger partial charge in [-0.15, -0.1) is 24.0 Å². The van der Waals surface area contributed by atoms with Crippen molar-refractivity contribution in [2.45, 2.75) is 19.6 Å². The van der Waals surface area contributed by atoms with E-state index in [-0.39, 0.29) is 24.0 Å². The molecular formula is C19H25ClIN3O2. The minimum atomic E-state index is -0.637. The van der Waals surface area contributed by atoms with Crippen molar-refractivity contribution in [3.63, 3.8) is 0 Å². The van der Waals surface area contributed by atoms with E-state index >= 15 is 0 Å². The van der Waals surface area contributed by atoms with E-state index in [0.29, 0.717) is 24.1 Å². The van der Waals surface area contributed by atoms with Crippen LogP contribution in [0.15, 0.2) is 53.5 Å². The molecule has 0 aliphatic heterocycles. The zero-order valence-electron chi connectivity index (χ0n) is 14.9. The highest BCUT2D eigenvalue weighted by atomic mass is 127. The molecule has 0 bridgehead atoms. The van der Waals surface area contributed by atoms with E-state index in [9.17, 15) is 5.11 Å². The molecule has 1 atom stereocenters. The fourth-order valence-corrected chi connectivity index (χ4v) is 2.37. The Labute approximate surface area is 176 Å². The lowest BCUT2D eigenvalue weighted by atomic mass is 10.1. The van der Waals surface area contributed by atoms with E-state index in [2.05, 4.69) is 15.6 Å². The molecule has 0 fully saturated rings. The maximum Gasteiger partial charge on any atom is 0.191 e. The van der Waals surface area contributed by atoms with Gasteiger partial charge < -0.3 is 20.5 Å². The molecule has 0 aliphatic rings. The molecule has 26 heavy (non-hydrogen) atoms. The first-order valence-electron chi connectivity index (χ1n) is 8.21. The molecule has 2 rings (SSSR count). The minimum absolute atomic E-state index is 0. The first kappa shape index (κ1) is 22.5. The number of hydrogen-bond donors (Lipinski definition) is 3. The Bertz CT molecular complexity index is 678. The maximum absolute atomic E-state index is 10.3. The number of aliphatic hydroxyl groups is 1. The van der Waals surface area contributed by atoms with Gasteiger partial charge in [0.25, 0.3) is 0 Å². The SMILES string of the molecule is CCNC(=NCc1ccc(OC)cc1)NCC(O)c1ccc(Cl)cc1.I. The summed E-state index contributed by atoms with van der Waals surface area (Å²) in [6.07, 6.45) is -0.637. The molecule has 0 heterocycles. The van der Waals surface area contributed by atoms with Crippen molar-refractivity contribution in [2.24, 2.45) is 4.99 Å². The third-order valence-electron chi connectivity index (χ3n) is 3.64. The summed E-state index contributed by atoms with van der Waals surface area (Å²) in [5.74, 6) is 1.48. The summed E-state index contributed by atoms with van der Waals surface area (Å²) in [5.41, 5.74) is 1.89. The number of halogens is 2. The van der Waals surface area contributed by atoms with E-state index < -0.39 is 6.10 Å². The Morgan fingerprint density at radius 3 is 2.35 bits per heavy atom. The number of nitrogens with one attached hydrogen (secondary N) is 2. The van der Waals surface area contributed by atoms with E-state index in [1.54, 1.807) is 19.2 Å². The molecule has 5 nitrogen and oxygen atoms in total. The quantitative estimate of drug-likeness (QED) is 0.315. The second-order valence-corrected chi connectivity index (χ2v) is 5.93. The molecule has 2 aromatic rings. The van der Waals surface area contributed by atoms with Crippen molar-refractivity contribution in [2.75, 3.05) is 20.2 Å². The molecule has 3 N–H and O–H groups in total. The standard InChI is InChI=1S/C19H24ClN3O2.HI/c1-3-21-19(22-12-14-4-10-17(25-2)11-5-14)23-13-18(24)15-6-8-16(20)9-7-15;/h4-11,18,24H,3,12-13H2,1-2H3,(H2,21,22,23);1H. The van der Waals surface area contributed by atoms with Gasteiger partial charge in [0, 0.05) is 18.1 Å². The van der Waals surface area contributed by atoms with Crippen LogP contribution in [-0.4, -0.2) is 31.3 Å². The molecule has 0 amide bonds. The zero-order valence-corrected chi connectivity index (χ0v) is 18.0. The lowest BCUT2D eigenvalue weighted by Crippen LogP contribution is -2.39. The zero-order chi connectivity index (χ0) is 18.1. The molecule has 0 spiro atoms. The highest BCUT2D eigenvalue weighted by Crippen LogP contribution is 2.16. The summed E-state index contributed by atoms with van der Waals surface area (Å²) in [6, 6.07) is 15.0. The topological polar surface area (TPSA) is 65.9 Å². The van der Waals surface area contributed by atoms with Crippen molar-refractivity contribution in [3.05, 3.63) is 64.7 Å². The Morgan fingerprint density at radius 1 is 1.12 bits per heavy atom. The number of benzene rings is 2. The number of nitrogens with zero attached hydrogens (tertiary/aromatic N) is 1. The maximum atomic E-state index is 10.3. The van der Waals surface area contributed by atoms with E-state index in [1.807, 2.05) is 43.3 Å². The normalized spacial score (nSPS) is 12.1. The number of aliphatic imine (C=N–C) groups is 1. The van der Waals surface area contributed by atoms with Gasteiger partial charge in [0.05, 0.1) is 19.8 Å². The highest BCUT2D eigenvalue weighted by Gasteiger charge is 2.08. The Balaban J connectivity index is 0.00000338. The average Bonchev–Trinajstić information content (AvgIpc) is 2.64. The first-order valence-corrected chi connectivity index (χ1v) is 8.58. The van der Waals surface area contributed by atoms with Gasteiger partial charge in [0.1, 0.15) is 5.75 Å². The number of aliphatic hydroxyl groups excluding tert-OH is 1. The van der Waals surface area contributed by atoms with Crippen LogP contribution in [0.2, 0.25) is 5.02 Å². The summed E-state index contributed by atoms with van der Waals surface area (Å²) in [7, 11) is 1.65. The van der Waals surface area contributed by atoms with Crippen molar-refractivity contribution in [1.29, 1.82) is 0 Å². The first-order chi connectivity index (χ1) is 12.1. The Kier molecular flexibility index (Phi) is 10.4. The van der Waals surface area contributed by atoms with E-state index in [1.165, 1.54) is 0 Å². The van der Waals surface area contributed by atoms with Gasteiger partial charge in [0.15, 0.2) is 5.96 Å². The van der Waals surface area contributed by atoms with Crippen LogP contribution in [0, 0.1) is 0 Å². The van der Waals surface area contributed by atoms with Crippen LogP contribution in [0.3, 0.4) is 0 Å². The van der Waals surface area contributed by atoms with Gasteiger partial charge in [-0.05, 0) is 42.3 Å². The van der Waals surface area contributed by atoms with Gasteiger partial charge in [-0.25, -0.2) is 4.99 Å². The number of rotatable bonds is 7. The summed E-state index contributed by atoms with van der Waals surface area (Å²) < 4.78 is 5.15. The van der Waals surface area contributed by atoms with Crippen LogP contribution in [0.1, 0.15) is 24.2 Å². The second kappa shape index (κ2) is 12.0. The van der Waals surface area contributed by atoms with Crippen LogP contribution >= 0.6 is 35.6 Å². The summed E-state index contributed by atoms with van der Waals surface area (Å²) in [6.45, 7) is 3.64. The fraction of sp³-hybridized carbons (Fsp3) is 0.316. The highest BCUT2D eigenvalue weighted by molar-refractivity contribution is 14.0. The third-order valence-corrected chi connectivity index (χ3v) is 3.89. The molecule has 2 aromatic carbocycles. The van der Waals surface area contributed by atoms with Crippen molar-refractivity contribution in [3.8, 4) is 5.75 Å². The number of guanidine groups is 1. The molecule has 142 valence electrons. The molecule has 0 aromatic heterocycles. The summed E-state index contributed by atoms with van der Waals surface area (Å²) in [4.78, 5) is 4.54. The van der Waals surface area contributed by atoms with Gasteiger partial charge in [-0.2, -0.15) is 0 Å². The second-order valence-electron chi connectivity index (χ2n) is 5.49. The summed E-state index contributed by atoms with van der Waals surface area (Å²) in [5, 5.41) is 17.3. The number of methoxy groups -OCH3 is 1. The molecule has 0 saturated carbocycles.